The first-order valence-electron chi connectivity index (χ1n) is 12.5. The molecule has 3 saturated heterocycles. The topological polar surface area (TPSA) is 41.6 Å². The molecular weight excluding hydrogens is 384 g/mol. The smallest absolute Gasteiger partial charge is 0.407 e. The van der Waals surface area contributed by atoms with Gasteiger partial charge in [-0.3, -0.25) is 4.90 Å². The monoisotopic (exact) mass is 422 g/mol. The van der Waals surface area contributed by atoms with Gasteiger partial charge in [-0.15, -0.1) is 0 Å². The fraction of sp³-hybridized carbons (Fsp3) is 0.667. The Bertz CT molecular complexity index is 832. The fourth-order valence-corrected chi connectivity index (χ4v) is 6.36. The van der Waals surface area contributed by atoms with Gasteiger partial charge < -0.3 is 10.1 Å². The van der Waals surface area contributed by atoms with Crippen molar-refractivity contribution in [1.82, 2.24) is 10.2 Å². The summed E-state index contributed by atoms with van der Waals surface area (Å²) in [4.78, 5) is 15.2. The number of hydrogen-bond donors (Lipinski definition) is 1. The maximum Gasteiger partial charge on any atom is 0.407 e. The second-order valence-corrected chi connectivity index (χ2v) is 11.0. The van der Waals surface area contributed by atoms with E-state index in [4.69, 9.17) is 4.74 Å². The number of amides is 1. The van der Waals surface area contributed by atoms with Crippen LogP contribution in [0.2, 0.25) is 0 Å². The van der Waals surface area contributed by atoms with Gasteiger partial charge in [0.15, 0.2) is 0 Å². The highest BCUT2D eigenvalue weighted by atomic mass is 16.6. The molecule has 2 bridgehead atoms. The van der Waals surface area contributed by atoms with Crippen LogP contribution in [0.25, 0.3) is 6.08 Å². The third-order valence-corrected chi connectivity index (χ3v) is 8.23. The number of nitrogens with zero attached hydrogens (tertiary/aromatic N) is 1. The highest BCUT2D eigenvalue weighted by Gasteiger charge is 2.41. The number of allylic oxidation sites excluding steroid dienone is 1. The van der Waals surface area contributed by atoms with Crippen molar-refractivity contribution in [2.24, 2.45) is 17.3 Å². The summed E-state index contributed by atoms with van der Waals surface area (Å²) in [5.41, 5.74) is 3.90. The van der Waals surface area contributed by atoms with Crippen LogP contribution in [-0.4, -0.2) is 36.7 Å². The van der Waals surface area contributed by atoms with Crippen molar-refractivity contribution in [3.63, 3.8) is 0 Å². The molecule has 1 unspecified atom stereocenters. The molecule has 168 valence electrons. The van der Waals surface area contributed by atoms with Gasteiger partial charge in [-0.25, -0.2) is 4.79 Å². The molecule has 2 aliphatic carbocycles. The predicted molar refractivity (Wildman–Crippen MR) is 125 cm³/mol. The number of benzene rings is 1. The number of fused-ring (bicyclic) bond motifs is 4. The average Bonchev–Trinajstić information content (AvgIpc) is 3.02. The maximum absolute atomic E-state index is 12.8. The quantitative estimate of drug-likeness (QED) is 0.674. The Morgan fingerprint density at radius 3 is 2.61 bits per heavy atom. The number of carbonyl (C=O) groups excluding carboxylic acids is 1. The minimum atomic E-state index is -0.244. The zero-order valence-corrected chi connectivity index (χ0v) is 19.2. The first-order valence-corrected chi connectivity index (χ1v) is 12.5. The third-order valence-electron chi connectivity index (χ3n) is 8.23. The fourth-order valence-electron chi connectivity index (χ4n) is 6.36. The Morgan fingerprint density at radius 1 is 1.13 bits per heavy atom. The zero-order valence-electron chi connectivity index (χ0n) is 19.2. The molecule has 1 aromatic rings. The van der Waals surface area contributed by atoms with Crippen LogP contribution >= 0.6 is 0 Å². The van der Waals surface area contributed by atoms with Crippen LogP contribution in [0.15, 0.2) is 24.3 Å². The van der Waals surface area contributed by atoms with Crippen molar-refractivity contribution in [2.45, 2.75) is 77.4 Å². The van der Waals surface area contributed by atoms with E-state index in [9.17, 15) is 4.79 Å². The first-order chi connectivity index (χ1) is 15.0. The van der Waals surface area contributed by atoms with Crippen LogP contribution in [0, 0.1) is 17.3 Å². The van der Waals surface area contributed by atoms with Crippen molar-refractivity contribution in [3.05, 3.63) is 41.0 Å². The number of nitrogens with one attached hydrogen (secondary N) is 1. The summed E-state index contributed by atoms with van der Waals surface area (Å²) in [5, 5.41) is 3.24. The Hall–Kier alpha value is -1.81. The molecule has 0 aromatic heterocycles. The van der Waals surface area contributed by atoms with Crippen LogP contribution in [-0.2, 0) is 11.2 Å². The largest absolute Gasteiger partial charge is 0.445 e. The SMILES string of the molecule is CC1(C)Cc2cc(/C=C/C3CCCCC3)ccc2C1NC(=O)O[C@H]1CN2CCC1CC2. The van der Waals surface area contributed by atoms with Crippen molar-refractivity contribution in [3.8, 4) is 0 Å². The third kappa shape index (κ3) is 4.55. The molecule has 1 N–H and O–H groups in total. The molecular formula is C27H38N2O2. The molecule has 1 saturated carbocycles. The first kappa shape index (κ1) is 21.1. The molecule has 0 radical (unpaired) electrons. The second kappa shape index (κ2) is 8.61. The standard InChI is InChI=1S/C27H38N2O2/c1-27(2)17-22-16-20(9-8-19-6-4-3-5-7-19)10-11-23(22)25(27)28-26(30)31-24-18-29-14-12-21(24)13-15-29/h8-11,16,19,21,24-25H,3-7,12-15,17-18H2,1-2H3,(H,28,30)/b9-8+/t24-,25?/m0/s1. The van der Waals surface area contributed by atoms with Crippen molar-refractivity contribution < 1.29 is 9.53 Å². The average molecular weight is 423 g/mol. The molecule has 3 heterocycles. The molecule has 31 heavy (non-hydrogen) atoms. The van der Waals surface area contributed by atoms with E-state index in [1.54, 1.807) is 0 Å². The molecule has 1 amide bonds. The summed E-state index contributed by atoms with van der Waals surface area (Å²) >= 11 is 0. The van der Waals surface area contributed by atoms with E-state index in [0.717, 1.165) is 44.8 Å². The highest BCUT2D eigenvalue weighted by Crippen LogP contribution is 2.45. The predicted octanol–water partition coefficient (Wildman–Crippen LogP) is 5.72. The minimum absolute atomic E-state index is 0.00691. The van der Waals surface area contributed by atoms with Gasteiger partial charge in [0.05, 0.1) is 6.04 Å². The number of piperidine rings is 3. The van der Waals surface area contributed by atoms with Gasteiger partial charge in [-0.2, -0.15) is 0 Å². The number of ether oxygens (including phenoxy) is 1. The highest BCUT2D eigenvalue weighted by molar-refractivity contribution is 5.69. The lowest BCUT2D eigenvalue weighted by Crippen LogP contribution is -2.53. The summed E-state index contributed by atoms with van der Waals surface area (Å²) in [6.45, 7) is 7.73. The van der Waals surface area contributed by atoms with E-state index < -0.39 is 0 Å². The number of hydrogen-bond acceptors (Lipinski definition) is 3. The van der Waals surface area contributed by atoms with E-state index in [0.29, 0.717) is 5.92 Å². The summed E-state index contributed by atoms with van der Waals surface area (Å²) in [7, 11) is 0. The van der Waals surface area contributed by atoms with Gasteiger partial charge in [0.25, 0.3) is 0 Å². The maximum atomic E-state index is 12.8. The molecule has 3 aliphatic heterocycles. The van der Waals surface area contributed by atoms with Gasteiger partial charge in [0, 0.05) is 6.54 Å². The summed E-state index contributed by atoms with van der Waals surface area (Å²) in [6.07, 6.45) is 14.7. The number of rotatable bonds is 4. The van der Waals surface area contributed by atoms with Gasteiger partial charge in [-0.05, 0) is 79.1 Å². The van der Waals surface area contributed by atoms with Gasteiger partial charge in [0.1, 0.15) is 6.10 Å². The Kier molecular flexibility index (Phi) is 5.85. The lowest BCUT2D eigenvalue weighted by Gasteiger charge is -2.44. The molecule has 2 atom stereocenters. The van der Waals surface area contributed by atoms with E-state index >= 15 is 0 Å². The second-order valence-electron chi connectivity index (χ2n) is 11.0. The Balaban J connectivity index is 1.25. The minimum Gasteiger partial charge on any atom is -0.445 e. The molecule has 6 rings (SSSR count). The summed E-state index contributed by atoms with van der Waals surface area (Å²) < 4.78 is 5.92. The van der Waals surface area contributed by atoms with E-state index in [1.807, 2.05) is 0 Å². The number of carbonyl (C=O) groups is 1. The van der Waals surface area contributed by atoms with Gasteiger partial charge >= 0.3 is 6.09 Å². The lowest BCUT2D eigenvalue weighted by atomic mass is 9.85. The summed E-state index contributed by atoms with van der Waals surface area (Å²) in [6, 6.07) is 6.78. The van der Waals surface area contributed by atoms with Crippen LogP contribution in [0.4, 0.5) is 4.79 Å². The van der Waals surface area contributed by atoms with Gasteiger partial charge in [0.2, 0.25) is 0 Å². The van der Waals surface area contributed by atoms with E-state index in [-0.39, 0.29) is 23.7 Å². The Labute approximate surface area is 187 Å². The normalized spacial score (nSPS) is 32.2. The van der Waals surface area contributed by atoms with E-state index in [2.05, 4.69) is 54.4 Å². The van der Waals surface area contributed by atoms with Crippen LogP contribution in [0.1, 0.15) is 81.5 Å². The lowest BCUT2D eigenvalue weighted by molar-refractivity contribution is -0.0348. The van der Waals surface area contributed by atoms with Crippen molar-refractivity contribution in [2.75, 3.05) is 19.6 Å². The van der Waals surface area contributed by atoms with E-state index in [1.165, 1.54) is 48.8 Å². The molecule has 4 heteroatoms. The van der Waals surface area contributed by atoms with Crippen LogP contribution in [0.5, 0.6) is 0 Å². The summed E-state index contributed by atoms with van der Waals surface area (Å²) in [5.74, 6) is 1.28. The van der Waals surface area contributed by atoms with Gasteiger partial charge in [-0.1, -0.05) is 63.5 Å². The molecule has 0 spiro atoms. The molecule has 4 nitrogen and oxygen atoms in total. The molecule has 5 aliphatic rings. The van der Waals surface area contributed by atoms with Crippen LogP contribution < -0.4 is 5.32 Å². The Morgan fingerprint density at radius 2 is 1.90 bits per heavy atom. The van der Waals surface area contributed by atoms with Crippen molar-refractivity contribution in [1.29, 1.82) is 0 Å². The molecule has 1 aromatic carbocycles. The van der Waals surface area contributed by atoms with Crippen LogP contribution in [0.3, 0.4) is 0 Å². The number of alkyl carbamates (subject to hydrolysis) is 1. The zero-order chi connectivity index (χ0) is 21.4. The molecule has 4 fully saturated rings. The van der Waals surface area contributed by atoms with Crippen molar-refractivity contribution >= 4 is 12.2 Å².